The SMILES string of the molecule is COC1CN(c2ccc(Cl)cc2C(=N)N)CC1OC. The van der Waals surface area contributed by atoms with Crippen molar-refractivity contribution in [2.24, 2.45) is 5.73 Å². The number of nitrogens with zero attached hydrogens (tertiary/aromatic N) is 1. The van der Waals surface area contributed by atoms with Gasteiger partial charge in [0.2, 0.25) is 0 Å². The summed E-state index contributed by atoms with van der Waals surface area (Å²) in [4.78, 5) is 2.11. The van der Waals surface area contributed by atoms with Gasteiger partial charge in [-0.2, -0.15) is 0 Å². The molecule has 1 heterocycles. The van der Waals surface area contributed by atoms with E-state index in [0.717, 1.165) is 5.69 Å². The third-order valence-corrected chi connectivity index (χ3v) is 3.65. The summed E-state index contributed by atoms with van der Waals surface area (Å²) in [6.45, 7) is 1.41. The quantitative estimate of drug-likeness (QED) is 0.648. The summed E-state index contributed by atoms with van der Waals surface area (Å²) >= 11 is 5.96. The molecule has 2 unspecified atom stereocenters. The predicted octanol–water partition coefficient (Wildman–Crippen LogP) is 1.47. The molecule has 1 fully saturated rings. The molecule has 19 heavy (non-hydrogen) atoms. The molecule has 1 aromatic rings. The van der Waals surface area contributed by atoms with E-state index in [9.17, 15) is 0 Å². The molecule has 1 saturated heterocycles. The highest BCUT2D eigenvalue weighted by molar-refractivity contribution is 6.31. The van der Waals surface area contributed by atoms with E-state index in [1.807, 2.05) is 6.07 Å². The number of benzene rings is 1. The third kappa shape index (κ3) is 2.83. The number of rotatable bonds is 4. The molecule has 0 radical (unpaired) electrons. The Bertz CT molecular complexity index is 469. The third-order valence-electron chi connectivity index (χ3n) is 3.41. The Hall–Kier alpha value is -1.30. The molecule has 0 saturated carbocycles. The highest BCUT2D eigenvalue weighted by Crippen LogP contribution is 2.28. The largest absolute Gasteiger partial charge is 0.384 e. The van der Waals surface area contributed by atoms with Gasteiger partial charge >= 0.3 is 0 Å². The fraction of sp³-hybridized carbons (Fsp3) is 0.462. The molecular weight excluding hydrogens is 266 g/mol. The summed E-state index contributed by atoms with van der Waals surface area (Å²) in [5.74, 6) is 0.00679. The molecule has 0 spiro atoms. The number of nitrogens with one attached hydrogen (secondary N) is 1. The molecule has 0 aromatic heterocycles. The fourth-order valence-electron chi connectivity index (χ4n) is 2.39. The van der Waals surface area contributed by atoms with Crippen LogP contribution >= 0.6 is 11.6 Å². The smallest absolute Gasteiger partial charge is 0.124 e. The zero-order valence-electron chi connectivity index (χ0n) is 11.0. The number of nitrogens with two attached hydrogens (primary N) is 1. The van der Waals surface area contributed by atoms with Crippen molar-refractivity contribution in [3.63, 3.8) is 0 Å². The van der Waals surface area contributed by atoms with Crippen LogP contribution in [-0.2, 0) is 9.47 Å². The van der Waals surface area contributed by atoms with E-state index < -0.39 is 0 Å². The van der Waals surface area contributed by atoms with Gasteiger partial charge in [-0.05, 0) is 18.2 Å². The molecule has 2 rings (SSSR count). The van der Waals surface area contributed by atoms with Crippen LogP contribution in [0.5, 0.6) is 0 Å². The first-order valence-electron chi connectivity index (χ1n) is 6.01. The van der Waals surface area contributed by atoms with Gasteiger partial charge in [-0.3, -0.25) is 5.41 Å². The number of halogens is 1. The van der Waals surface area contributed by atoms with Crippen molar-refractivity contribution in [2.75, 3.05) is 32.2 Å². The predicted molar refractivity (Wildman–Crippen MR) is 76.3 cm³/mol. The lowest BCUT2D eigenvalue weighted by Crippen LogP contribution is -2.27. The Morgan fingerprint density at radius 2 is 1.89 bits per heavy atom. The van der Waals surface area contributed by atoms with Gasteiger partial charge in [-0.15, -0.1) is 0 Å². The van der Waals surface area contributed by atoms with Crippen molar-refractivity contribution < 1.29 is 9.47 Å². The lowest BCUT2D eigenvalue weighted by atomic mass is 10.1. The molecule has 6 heteroatoms. The highest BCUT2D eigenvalue weighted by atomic mass is 35.5. The molecule has 0 aliphatic carbocycles. The van der Waals surface area contributed by atoms with Gasteiger partial charge in [-0.25, -0.2) is 0 Å². The average molecular weight is 284 g/mol. The molecular formula is C13H18ClN3O2. The van der Waals surface area contributed by atoms with Gasteiger partial charge in [0.05, 0.1) is 0 Å². The lowest BCUT2D eigenvalue weighted by molar-refractivity contribution is -0.00461. The van der Waals surface area contributed by atoms with E-state index in [-0.39, 0.29) is 18.0 Å². The van der Waals surface area contributed by atoms with Crippen LogP contribution in [-0.4, -0.2) is 45.4 Å². The number of nitrogen functional groups attached to an aromatic ring is 1. The van der Waals surface area contributed by atoms with E-state index in [0.29, 0.717) is 23.7 Å². The molecule has 1 aromatic carbocycles. The summed E-state index contributed by atoms with van der Waals surface area (Å²) in [6.07, 6.45) is 0.0287. The van der Waals surface area contributed by atoms with E-state index in [1.54, 1.807) is 26.4 Å². The van der Waals surface area contributed by atoms with E-state index in [1.165, 1.54) is 0 Å². The Balaban J connectivity index is 2.30. The number of amidine groups is 1. The summed E-state index contributed by atoms with van der Waals surface area (Å²) in [7, 11) is 3.35. The molecule has 5 nitrogen and oxygen atoms in total. The van der Waals surface area contributed by atoms with E-state index in [2.05, 4.69) is 4.90 Å². The van der Waals surface area contributed by atoms with Crippen molar-refractivity contribution >= 4 is 23.1 Å². The lowest BCUT2D eigenvalue weighted by Gasteiger charge is -2.21. The highest BCUT2D eigenvalue weighted by Gasteiger charge is 2.34. The molecule has 2 atom stereocenters. The summed E-state index contributed by atoms with van der Waals surface area (Å²) < 4.78 is 10.8. The molecule has 104 valence electrons. The van der Waals surface area contributed by atoms with Crippen LogP contribution in [0.4, 0.5) is 5.69 Å². The van der Waals surface area contributed by atoms with Gasteiger partial charge in [0, 0.05) is 43.6 Å². The maximum Gasteiger partial charge on any atom is 0.124 e. The maximum atomic E-state index is 7.66. The number of hydrogen-bond acceptors (Lipinski definition) is 4. The van der Waals surface area contributed by atoms with Crippen LogP contribution in [0.25, 0.3) is 0 Å². The first kappa shape index (κ1) is 14.1. The topological polar surface area (TPSA) is 71.6 Å². The minimum Gasteiger partial charge on any atom is -0.384 e. The van der Waals surface area contributed by atoms with Gasteiger partial charge in [0.1, 0.15) is 18.0 Å². The summed E-state index contributed by atoms with van der Waals surface area (Å²) in [6, 6.07) is 5.39. The Kier molecular flexibility index (Phi) is 4.29. The minimum atomic E-state index is 0.00679. The monoisotopic (exact) mass is 283 g/mol. The average Bonchev–Trinajstić information content (AvgIpc) is 2.81. The Morgan fingerprint density at radius 1 is 1.32 bits per heavy atom. The van der Waals surface area contributed by atoms with Gasteiger partial charge in [-0.1, -0.05) is 11.6 Å². The van der Waals surface area contributed by atoms with E-state index in [4.69, 9.17) is 32.2 Å². The van der Waals surface area contributed by atoms with Crippen molar-refractivity contribution in [3.8, 4) is 0 Å². The molecule has 3 N–H and O–H groups in total. The number of methoxy groups -OCH3 is 2. The van der Waals surface area contributed by atoms with Crippen molar-refractivity contribution in [1.29, 1.82) is 5.41 Å². The number of ether oxygens (including phenoxy) is 2. The standard InChI is InChI=1S/C13H18ClN3O2/c1-18-11-6-17(7-12(11)19-2)10-4-3-8(14)5-9(10)13(15)16/h3-5,11-12H,6-7H2,1-2H3,(H3,15,16). The maximum absolute atomic E-state index is 7.66. The van der Waals surface area contributed by atoms with Gasteiger partial charge < -0.3 is 20.1 Å². The van der Waals surface area contributed by atoms with Crippen LogP contribution in [0.3, 0.4) is 0 Å². The zero-order chi connectivity index (χ0) is 14.0. The van der Waals surface area contributed by atoms with Crippen LogP contribution in [0, 0.1) is 5.41 Å². The fourth-order valence-corrected chi connectivity index (χ4v) is 2.57. The van der Waals surface area contributed by atoms with Crippen LogP contribution in [0.1, 0.15) is 5.56 Å². The van der Waals surface area contributed by atoms with Crippen LogP contribution < -0.4 is 10.6 Å². The molecule has 0 bridgehead atoms. The summed E-state index contributed by atoms with van der Waals surface area (Å²) in [5, 5.41) is 8.23. The Labute approximate surface area is 117 Å². The molecule has 0 amide bonds. The minimum absolute atomic E-state index is 0.00679. The zero-order valence-corrected chi connectivity index (χ0v) is 11.8. The van der Waals surface area contributed by atoms with Crippen molar-refractivity contribution in [3.05, 3.63) is 28.8 Å². The van der Waals surface area contributed by atoms with Crippen molar-refractivity contribution in [1.82, 2.24) is 0 Å². The second-order valence-corrected chi connectivity index (χ2v) is 4.96. The second kappa shape index (κ2) is 5.77. The van der Waals surface area contributed by atoms with Gasteiger partial charge in [0.25, 0.3) is 0 Å². The molecule has 1 aliphatic heterocycles. The first-order valence-corrected chi connectivity index (χ1v) is 6.39. The second-order valence-electron chi connectivity index (χ2n) is 4.53. The van der Waals surface area contributed by atoms with E-state index >= 15 is 0 Å². The number of hydrogen-bond donors (Lipinski definition) is 2. The Morgan fingerprint density at radius 3 is 2.37 bits per heavy atom. The number of anilines is 1. The van der Waals surface area contributed by atoms with Crippen molar-refractivity contribution in [2.45, 2.75) is 12.2 Å². The van der Waals surface area contributed by atoms with Crippen LogP contribution in [0.15, 0.2) is 18.2 Å². The molecule has 1 aliphatic rings. The van der Waals surface area contributed by atoms with Crippen LogP contribution in [0.2, 0.25) is 5.02 Å². The first-order chi connectivity index (χ1) is 9.06. The normalized spacial score (nSPS) is 22.8. The summed E-state index contributed by atoms with van der Waals surface area (Å²) in [5.41, 5.74) is 7.15. The van der Waals surface area contributed by atoms with Gasteiger partial charge in [0.15, 0.2) is 0 Å².